The predicted molar refractivity (Wildman–Crippen MR) is 83.4 cm³/mol. The van der Waals surface area contributed by atoms with Crippen molar-refractivity contribution >= 4 is 12.4 Å². The average molecular weight is 318 g/mol. The fraction of sp³-hybridized carbons (Fsp3) is 0.600. The molecule has 1 heterocycles. The molecular formula is C15H24ClNO4. The summed E-state index contributed by atoms with van der Waals surface area (Å²) < 4.78 is 16.0. The summed E-state index contributed by atoms with van der Waals surface area (Å²) in [6.45, 7) is 4.43. The lowest BCUT2D eigenvalue weighted by Gasteiger charge is -2.21. The van der Waals surface area contributed by atoms with E-state index in [2.05, 4.69) is 13.8 Å². The highest BCUT2D eigenvalue weighted by Gasteiger charge is 2.24. The second-order valence-corrected chi connectivity index (χ2v) is 5.52. The molecule has 0 spiro atoms. The molecule has 6 heteroatoms. The van der Waals surface area contributed by atoms with Gasteiger partial charge in [0.15, 0.2) is 11.5 Å². The van der Waals surface area contributed by atoms with Crippen LogP contribution in [0.4, 0.5) is 0 Å². The number of fused-ring (bicyclic) bond motifs is 1. The molecule has 0 fully saturated rings. The molecule has 1 aliphatic rings. The first-order valence-corrected chi connectivity index (χ1v) is 6.94. The van der Waals surface area contributed by atoms with Crippen LogP contribution in [0.2, 0.25) is 0 Å². The standard InChI is InChI=1S/C15H23NO4.ClH/c1-9(2)4-5-11(17)14(16)10-6-12(18-3)15-13(7-10)19-8-20-15;/h6-7,9,11,14,17H,4-5,8,16H2,1-3H3;1H/t11-,14+;/m0./s1. The normalized spacial score (nSPS) is 15.5. The van der Waals surface area contributed by atoms with E-state index in [4.69, 9.17) is 19.9 Å². The first-order chi connectivity index (χ1) is 9.52. The molecule has 1 aromatic carbocycles. The quantitative estimate of drug-likeness (QED) is 0.843. The Hall–Kier alpha value is -1.17. The van der Waals surface area contributed by atoms with Crippen molar-refractivity contribution in [3.8, 4) is 17.2 Å². The van der Waals surface area contributed by atoms with E-state index in [9.17, 15) is 5.11 Å². The number of aliphatic hydroxyl groups excluding tert-OH is 1. The predicted octanol–water partition coefficient (Wildman–Crippen LogP) is 2.64. The molecule has 3 N–H and O–H groups in total. The van der Waals surface area contributed by atoms with Crippen LogP contribution in [0.3, 0.4) is 0 Å². The second-order valence-electron chi connectivity index (χ2n) is 5.52. The Labute approximate surface area is 131 Å². The Morgan fingerprint density at radius 3 is 2.62 bits per heavy atom. The third kappa shape index (κ3) is 4.15. The van der Waals surface area contributed by atoms with Gasteiger partial charge in [0.05, 0.1) is 19.3 Å². The van der Waals surface area contributed by atoms with Gasteiger partial charge >= 0.3 is 0 Å². The van der Waals surface area contributed by atoms with E-state index in [1.165, 1.54) is 0 Å². The molecule has 2 rings (SSSR count). The fourth-order valence-electron chi connectivity index (χ4n) is 2.25. The van der Waals surface area contributed by atoms with Crippen molar-refractivity contribution in [1.82, 2.24) is 0 Å². The van der Waals surface area contributed by atoms with E-state index in [0.717, 1.165) is 12.0 Å². The molecule has 5 nitrogen and oxygen atoms in total. The Morgan fingerprint density at radius 1 is 1.29 bits per heavy atom. The van der Waals surface area contributed by atoms with Crippen LogP contribution in [0.15, 0.2) is 12.1 Å². The van der Waals surface area contributed by atoms with Crippen LogP contribution < -0.4 is 19.9 Å². The zero-order valence-corrected chi connectivity index (χ0v) is 13.5. The minimum atomic E-state index is -0.581. The number of benzene rings is 1. The van der Waals surface area contributed by atoms with Crippen molar-refractivity contribution in [2.45, 2.75) is 38.8 Å². The first-order valence-electron chi connectivity index (χ1n) is 6.94. The minimum absolute atomic E-state index is 0. The Bertz CT molecular complexity index is 467. The maximum atomic E-state index is 10.2. The minimum Gasteiger partial charge on any atom is -0.493 e. The molecule has 21 heavy (non-hydrogen) atoms. The Kier molecular flexibility index (Phi) is 6.58. The van der Waals surface area contributed by atoms with Gasteiger partial charge in [0.2, 0.25) is 12.5 Å². The lowest BCUT2D eigenvalue weighted by atomic mass is 9.95. The summed E-state index contributed by atoms with van der Waals surface area (Å²) in [6, 6.07) is 3.15. The fourth-order valence-corrected chi connectivity index (χ4v) is 2.25. The molecule has 0 saturated heterocycles. The average Bonchev–Trinajstić information content (AvgIpc) is 2.90. The van der Waals surface area contributed by atoms with Crippen LogP contribution in [0, 0.1) is 5.92 Å². The van der Waals surface area contributed by atoms with Gasteiger partial charge < -0.3 is 25.1 Å². The summed E-state index contributed by atoms with van der Waals surface area (Å²) >= 11 is 0. The number of ether oxygens (including phenoxy) is 3. The zero-order valence-electron chi connectivity index (χ0n) is 12.7. The van der Waals surface area contributed by atoms with Gasteiger partial charge in [-0.3, -0.25) is 0 Å². The number of hydrogen-bond acceptors (Lipinski definition) is 5. The van der Waals surface area contributed by atoms with Crippen molar-refractivity contribution in [1.29, 1.82) is 0 Å². The number of halogens is 1. The highest BCUT2D eigenvalue weighted by atomic mass is 35.5. The number of aliphatic hydroxyl groups is 1. The van der Waals surface area contributed by atoms with Gasteiger partial charge in [0.25, 0.3) is 0 Å². The highest BCUT2D eigenvalue weighted by Crippen LogP contribution is 2.43. The molecule has 0 unspecified atom stereocenters. The topological polar surface area (TPSA) is 73.9 Å². The zero-order chi connectivity index (χ0) is 14.7. The summed E-state index contributed by atoms with van der Waals surface area (Å²) in [5.41, 5.74) is 6.93. The highest BCUT2D eigenvalue weighted by molar-refractivity contribution is 5.85. The van der Waals surface area contributed by atoms with Crippen LogP contribution in [0.5, 0.6) is 17.2 Å². The van der Waals surface area contributed by atoms with Crippen molar-refractivity contribution in [2.24, 2.45) is 11.7 Å². The van der Waals surface area contributed by atoms with Crippen molar-refractivity contribution in [3.05, 3.63) is 17.7 Å². The smallest absolute Gasteiger partial charge is 0.231 e. The summed E-state index contributed by atoms with van der Waals surface area (Å²) in [6.07, 6.45) is 1.04. The molecular weight excluding hydrogens is 294 g/mol. The summed E-state index contributed by atoms with van der Waals surface area (Å²) in [5.74, 6) is 2.34. The van der Waals surface area contributed by atoms with Crippen LogP contribution in [0.25, 0.3) is 0 Å². The van der Waals surface area contributed by atoms with Crippen LogP contribution in [-0.2, 0) is 0 Å². The van der Waals surface area contributed by atoms with Gasteiger partial charge in [-0.1, -0.05) is 13.8 Å². The molecule has 0 bridgehead atoms. The van der Waals surface area contributed by atoms with Crippen LogP contribution >= 0.6 is 12.4 Å². The molecule has 0 aromatic heterocycles. The lowest BCUT2D eigenvalue weighted by Crippen LogP contribution is -2.26. The van der Waals surface area contributed by atoms with Crippen molar-refractivity contribution in [3.63, 3.8) is 0 Å². The van der Waals surface area contributed by atoms with E-state index in [-0.39, 0.29) is 19.2 Å². The third-order valence-electron chi connectivity index (χ3n) is 3.52. The second kappa shape index (κ2) is 7.73. The molecule has 120 valence electrons. The van der Waals surface area contributed by atoms with E-state index >= 15 is 0 Å². The Balaban J connectivity index is 0.00000220. The maximum Gasteiger partial charge on any atom is 0.231 e. The van der Waals surface area contributed by atoms with Gasteiger partial charge in [-0.05, 0) is 36.5 Å². The van der Waals surface area contributed by atoms with Gasteiger partial charge in [-0.15, -0.1) is 12.4 Å². The van der Waals surface area contributed by atoms with Crippen LogP contribution in [-0.4, -0.2) is 25.1 Å². The molecule has 0 aliphatic carbocycles. The Morgan fingerprint density at radius 2 is 2.00 bits per heavy atom. The molecule has 0 amide bonds. The van der Waals surface area contributed by atoms with E-state index in [0.29, 0.717) is 29.6 Å². The number of methoxy groups -OCH3 is 1. The SMILES string of the molecule is COc1cc([C@@H](N)[C@@H](O)CCC(C)C)cc2c1OCO2.Cl. The monoisotopic (exact) mass is 317 g/mol. The lowest BCUT2D eigenvalue weighted by molar-refractivity contribution is 0.128. The van der Waals surface area contributed by atoms with Crippen molar-refractivity contribution in [2.75, 3.05) is 13.9 Å². The molecule has 0 saturated carbocycles. The number of rotatable bonds is 6. The molecule has 1 aromatic rings. The van der Waals surface area contributed by atoms with E-state index in [1.807, 2.05) is 6.07 Å². The van der Waals surface area contributed by atoms with Crippen molar-refractivity contribution < 1.29 is 19.3 Å². The third-order valence-corrected chi connectivity index (χ3v) is 3.52. The molecule has 1 aliphatic heterocycles. The molecule has 0 radical (unpaired) electrons. The summed E-state index contributed by atoms with van der Waals surface area (Å²) in [4.78, 5) is 0. The van der Waals surface area contributed by atoms with Gasteiger partial charge in [0, 0.05) is 0 Å². The van der Waals surface area contributed by atoms with Gasteiger partial charge in [-0.2, -0.15) is 0 Å². The maximum absolute atomic E-state index is 10.2. The van der Waals surface area contributed by atoms with Gasteiger partial charge in [-0.25, -0.2) is 0 Å². The summed E-state index contributed by atoms with van der Waals surface area (Å²) in [7, 11) is 1.57. The van der Waals surface area contributed by atoms with E-state index in [1.54, 1.807) is 13.2 Å². The molecule has 2 atom stereocenters. The largest absolute Gasteiger partial charge is 0.493 e. The van der Waals surface area contributed by atoms with E-state index < -0.39 is 12.1 Å². The number of hydrogen-bond donors (Lipinski definition) is 2. The number of nitrogens with two attached hydrogens (primary N) is 1. The van der Waals surface area contributed by atoms with Crippen LogP contribution in [0.1, 0.15) is 38.3 Å². The summed E-state index contributed by atoms with van der Waals surface area (Å²) in [5, 5.41) is 10.2. The van der Waals surface area contributed by atoms with Gasteiger partial charge in [0.1, 0.15) is 0 Å². The first kappa shape index (κ1) is 17.9.